The van der Waals surface area contributed by atoms with E-state index in [9.17, 15) is 0 Å². The molecule has 0 unspecified atom stereocenters. The van der Waals surface area contributed by atoms with Crippen LogP contribution in [0.2, 0.25) is 18.1 Å². The fourth-order valence-electron chi connectivity index (χ4n) is 3.17. The molecule has 0 nitrogen and oxygen atoms in total. The zero-order valence-electron chi connectivity index (χ0n) is 12.2. The maximum atomic E-state index is 5.99. The second-order valence-electron chi connectivity index (χ2n) is 6.33. The first-order valence-electron chi connectivity index (χ1n) is 7.45. The minimum Gasteiger partial charge on any atom is -0.0843 e. The second kappa shape index (κ2) is 5.38. The zero-order valence-corrected chi connectivity index (χ0v) is 14.1. The Hall–Kier alpha value is -1.05. The molecule has 1 aliphatic carbocycles. The van der Waals surface area contributed by atoms with Crippen LogP contribution in [0.4, 0.5) is 0 Å². The zero-order chi connectivity index (χ0) is 14.2. The Labute approximate surface area is 128 Å². The van der Waals surface area contributed by atoms with Crippen molar-refractivity contribution in [3.63, 3.8) is 0 Å². The van der Waals surface area contributed by atoms with Crippen molar-refractivity contribution in [3.05, 3.63) is 64.7 Å². The molecule has 2 heteroatoms. The molecule has 1 aliphatic rings. The Bertz CT molecular complexity index is 597. The van der Waals surface area contributed by atoms with Gasteiger partial charge in [0.15, 0.2) is 0 Å². The van der Waals surface area contributed by atoms with E-state index in [0.29, 0.717) is 5.41 Å². The molecule has 1 saturated carbocycles. The molecule has 2 aromatic rings. The molecule has 104 valence electrons. The summed E-state index contributed by atoms with van der Waals surface area (Å²) in [4.78, 5) is 0. The molecule has 0 heterocycles. The molecule has 2 aromatic carbocycles. The van der Waals surface area contributed by atoms with E-state index < -0.39 is 8.80 Å². The average molecular weight is 301 g/mol. The molecular formula is C18H21ClSi. The Morgan fingerprint density at radius 2 is 1.65 bits per heavy atom. The largest absolute Gasteiger partial charge is 0.0843 e. The lowest BCUT2D eigenvalue weighted by molar-refractivity contribution is 0.692. The summed E-state index contributed by atoms with van der Waals surface area (Å²) in [5.41, 5.74) is 3.44. The first-order valence-corrected chi connectivity index (χ1v) is 10.7. The minimum atomic E-state index is -0.765. The molecule has 0 amide bonds. The molecule has 0 radical (unpaired) electrons. The lowest BCUT2D eigenvalue weighted by Crippen LogP contribution is -2.31. The second-order valence-corrected chi connectivity index (χ2v) is 9.69. The van der Waals surface area contributed by atoms with Gasteiger partial charge in [-0.15, -0.1) is 0 Å². The average Bonchev–Trinajstić information content (AvgIpc) is 3.22. The maximum absolute atomic E-state index is 5.99. The van der Waals surface area contributed by atoms with Gasteiger partial charge in [-0.3, -0.25) is 0 Å². The quantitative estimate of drug-likeness (QED) is 0.738. The van der Waals surface area contributed by atoms with E-state index in [2.05, 4.69) is 49.5 Å². The third-order valence-corrected chi connectivity index (χ3v) is 6.46. The monoisotopic (exact) mass is 300 g/mol. The highest BCUT2D eigenvalue weighted by molar-refractivity contribution is 6.71. The molecule has 0 saturated heterocycles. The summed E-state index contributed by atoms with van der Waals surface area (Å²) < 4.78 is 0. The fourth-order valence-corrected chi connectivity index (χ4v) is 4.82. The summed E-state index contributed by atoms with van der Waals surface area (Å²) in [6.45, 7) is 4.86. The predicted molar refractivity (Wildman–Crippen MR) is 91.0 cm³/mol. The molecule has 0 bridgehead atoms. The Morgan fingerprint density at radius 1 is 1.00 bits per heavy atom. The van der Waals surface area contributed by atoms with Crippen molar-refractivity contribution in [2.24, 2.45) is 0 Å². The van der Waals surface area contributed by atoms with Gasteiger partial charge >= 0.3 is 0 Å². The molecule has 0 atom stereocenters. The van der Waals surface area contributed by atoms with E-state index >= 15 is 0 Å². The SMILES string of the molecule is C[SiH](C)c1ccccc1C1(Cc2ccc(Cl)cc2)CC1. The number of hydrogen-bond donors (Lipinski definition) is 0. The number of rotatable bonds is 4. The van der Waals surface area contributed by atoms with Crippen LogP contribution in [0.15, 0.2) is 48.5 Å². The van der Waals surface area contributed by atoms with Crippen LogP contribution in [-0.4, -0.2) is 8.80 Å². The normalized spacial score (nSPS) is 16.4. The third kappa shape index (κ3) is 2.70. The first-order chi connectivity index (χ1) is 9.61. The standard InChI is InChI=1S/C18H21ClSi/c1-20(2)17-6-4-3-5-16(17)18(11-12-18)13-14-7-9-15(19)10-8-14/h3-10,20H,11-13H2,1-2H3. The van der Waals surface area contributed by atoms with Gasteiger partial charge in [-0.2, -0.15) is 0 Å². The van der Waals surface area contributed by atoms with Crippen LogP contribution in [0.25, 0.3) is 0 Å². The number of hydrogen-bond acceptors (Lipinski definition) is 0. The summed E-state index contributed by atoms with van der Waals surface area (Å²) in [7, 11) is -0.765. The van der Waals surface area contributed by atoms with Gasteiger partial charge in [0.05, 0.1) is 8.80 Å². The highest BCUT2D eigenvalue weighted by Gasteiger charge is 2.45. The summed E-state index contributed by atoms with van der Waals surface area (Å²) in [6.07, 6.45) is 3.81. The molecule has 0 spiro atoms. The Balaban J connectivity index is 1.91. The first kappa shape index (κ1) is 13.9. The van der Waals surface area contributed by atoms with E-state index in [1.807, 2.05) is 12.1 Å². The Morgan fingerprint density at radius 3 is 2.25 bits per heavy atom. The van der Waals surface area contributed by atoms with E-state index in [0.717, 1.165) is 11.4 Å². The maximum Gasteiger partial charge on any atom is 0.0651 e. The fraction of sp³-hybridized carbons (Fsp3) is 0.333. The van der Waals surface area contributed by atoms with Gasteiger partial charge in [-0.25, -0.2) is 0 Å². The molecule has 3 rings (SSSR count). The minimum absolute atomic E-state index is 0.404. The van der Waals surface area contributed by atoms with Crippen LogP contribution < -0.4 is 5.19 Å². The van der Waals surface area contributed by atoms with Crippen LogP contribution in [0.3, 0.4) is 0 Å². The molecule has 0 aliphatic heterocycles. The van der Waals surface area contributed by atoms with E-state index in [1.54, 1.807) is 10.8 Å². The van der Waals surface area contributed by atoms with Crippen molar-refractivity contribution in [2.75, 3.05) is 0 Å². The Kier molecular flexibility index (Phi) is 3.74. The van der Waals surface area contributed by atoms with Crippen molar-refractivity contribution >= 4 is 25.6 Å². The molecule has 0 aromatic heterocycles. The third-order valence-electron chi connectivity index (χ3n) is 4.46. The van der Waals surface area contributed by atoms with Crippen molar-refractivity contribution in [1.82, 2.24) is 0 Å². The van der Waals surface area contributed by atoms with Gasteiger partial charge in [0, 0.05) is 5.02 Å². The lowest BCUT2D eigenvalue weighted by atomic mass is 9.89. The number of benzene rings is 2. The predicted octanol–water partition coefficient (Wildman–Crippen LogP) is 4.31. The topological polar surface area (TPSA) is 0 Å². The smallest absolute Gasteiger partial charge is 0.0651 e. The lowest BCUT2D eigenvalue weighted by Gasteiger charge is -2.21. The van der Waals surface area contributed by atoms with Crippen molar-refractivity contribution < 1.29 is 0 Å². The van der Waals surface area contributed by atoms with Crippen molar-refractivity contribution in [2.45, 2.75) is 37.8 Å². The number of halogens is 1. The van der Waals surface area contributed by atoms with Crippen molar-refractivity contribution in [3.8, 4) is 0 Å². The van der Waals surface area contributed by atoms with Gasteiger partial charge in [0.2, 0.25) is 0 Å². The van der Waals surface area contributed by atoms with E-state index in [1.165, 1.54) is 18.4 Å². The van der Waals surface area contributed by atoms with Crippen molar-refractivity contribution in [1.29, 1.82) is 0 Å². The highest BCUT2D eigenvalue weighted by Crippen LogP contribution is 2.50. The molecule has 1 fully saturated rings. The van der Waals surface area contributed by atoms with Crippen LogP contribution in [0.5, 0.6) is 0 Å². The van der Waals surface area contributed by atoms with E-state index in [4.69, 9.17) is 11.6 Å². The summed E-state index contributed by atoms with van der Waals surface area (Å²) in [5, 5.41) is 2.48. The highest BCUT2D eigenvalue weighted by atomic mass is 35.5. The van der Waals surface area contributed by atoms with Gasteiger partial charge in [0.25, 0.3) is 0 Å². The van der Waals surface area contributed by atoms with Gasteiger partial charge in [-0.1, -0.05) is 66.3 Å². The van der Waals surface area contributed by atoms with Crippen LogP contribution in [0.1, 0.15) is 24.0 Å². The van der Waals surface area contributed by atoms with Crippen LogP contribution >= 0.6 is 11.6 Å². The van der Waals surface area contributed by atoms with Crippen LogP contribution in [-0.2, 0) is 11.8 Å². The van der Waals surface area contributed by atoms with Gasteiger partial charge in [-0.05, 0) is 47.9 Å². The van der Waals surface area contributed by atoms with Crippen LogP contribution in [0, 0.1) is 0 Å². The summed E-state index contributed by atoms with van der Waals surface area (Å²) in [6, 6.07) is 17.5. The summed E-state index contributed by atoms with van der Waals surface area (Å²) >= 11 is 5.99. The van der Waals surface area contributed by atoms with Gasteiger partial charge in [0.1, 0.15) is 0 Å². The van der Waals surface area contributed by atoms with Gasteiger partial charge < -0.3 is 0 Å². The molecular weight excluding hydrogens is 280 g/mol. The summed E-state index contributed by atoms with van der Waals surface area (Å²) in [5.74, 6) is 0. The molecule has 20 heavy (non-hydrogen) atoms. The molecule has 0 N–H and O–H groups in total. The van der Waals surface area contributed by atoms with E-state index in [-0.39, 0.29) is 0 Å².